The van der Waals surface area contributed by atoms with Gasteiger partial charge in [0.1, 0.15) is 0 Å². The fourth-order valence-electron chi connectivity index (χ4n) is 1.73. The maximum absolute atomic E-state index is 3.70. The van der Waals surface area contributed by atoms with E-state index in [4.69, 9.17) is 0 Å². The molecule has 0 amide bonds. The first-order valence-corrected chi connectivity index (χ1v) is 5.28. The molecule has 0 radical (unpaired) electrons. The molecular formula is C13H16N2. The summed E-state index contributed by atoms with van der Waals surface area (Å²) in [4.78, 5) is 3.22. The molecule has 0 aliphatic carbocycles. The van der Waals surface area contributed by atoms with E-state index < -0.39 is 0 Å². The average Bonchev–Trinajstić information content (AvgIpc) is 2.73. The number of rotatable bonds is 5. The van der Waals surface area contributed by atoms with E-state index in [1.54, 1.807) is 0 Å². The van der Waals surface area contributed by atoms with E-state index in [-0.39, 0.29) is 0 Å². The summed E-state index contributed by atoms with van der Waals surface area (Å²) in [6, 6.07) is 8.48. The summed E-state index contributed by atoms with van der Waals surface area (Å²) in [5.74, 6) is 0. The zero-order valence-electron chi connectivity index (χ0n) is 8.79. The predicted octanol–water partition coefficient (Wildman–Crippen LogP) is 2.83. The number of hydrogen-bond acceptors (Lipinski definition) is 1. The maximum atomic E-state index is 3.70. The van der Waals surface area contributed by atoms with Gasteiger partial charge in [-0.25, -0.2) is 0 Å². The highest BCUT2D eigenvalue weighted by Gasteiger charge is 1.99. The highest BCUT2D eigenvalue weighted by atomic mass is 14.8. The monoisotopic (exact) mass is 200 g/mol. The molecule has 2 nitrogen and oxygen atoms in total. The van der Waals surface area contributed by atoms with Crippen molar-refractivity contribution in [3.63, 3.8) is 0 Å². The second-order valence-corrected chi connectivity index (χ2v) is 3.61. The van der Waals surface area contributed by atoms with Gasteiger partial charge in [0, 0.05) is 23.6 Å². The standard InChI is InChI=1S/C13H16N2/c1-2-3-8-14-10-11-5-4-6-13-12(11)7-9-15-13/h2,4-7,9,14-15H,1,3,8,10H2. The van der Waals surface area contributed by atoms with Crippen molar-refractivity contribution in [1.29, 1.82) is 0 Å². The molecule has 0 unspecified atom stereocenters. The van der Waals surface area contributed by atoms with Crippen LogP contribution in [0.3, 0.4) is 0 Å². The van der Waals surface area contributed by atoms with Gasteiger partial charge in [0.2, 0.25) is 0 Å². The van der Waals surface area contributed by atoms with Crippen molar-refractivity contribution in [2.24, 2.45) is 0 Å². The molecule has 1 heterocycles. The summed E-state index contributed by atoms with van der Waals surface area (Å²) in [6.45, 7) is 5.61. The zero-order valence-corrected chi connectivity index (χ0v) is 8.79. The Morgan fingerprint density at radius 2 is 2.27 bits per heavy atom. The quantitative estimate of drug-likeness (QED) is 0.563. The lowest BCUT2D eigenvalue weighted by Crippen LogP contribution is -2.14. The molecular weight excluding hydrogens is 184 g/mol. The molecule has 1 aromatic carbocycles. The van der Waals surface area contributed by atoms with Gasteiger partial charge in [0.05, 0.1) is 0 Å². The Morgan fingerprint density at radius 3 is 3.13 bits per heavy atom. The molecule has 15 heavy (non-hydrogen) atoms. The molecule has 0 saturated carbocycles. The van der Waals surface area contributed by atoms with Gasteiger partial charge >= 0.3 is 0 Å². The van der Waals surface area contributed by atoms with Gasteiger partial charge in [-0.15, -0.1) is 6.58 Å². The van der Waals surface area contributed by atoms with Crippen molar-refractivity contribution in [3.05, 3.63) is 48.7 Å². The molecule has 0 aliphatic rings. The molecule has 1 aromatic heterocycles. The minimum absolute atomic E-state index is 0.920. The van der Waals surface area contributed by atoms with E-state index in [1.165, 1.54) is 16.5 Å². The number of nitrogens with one attached hydrogen (secondary N) is 2. The van der Waals surface area contributed by atoms with Crippen LogP contribution in [0.1, 0.15) is 12.0 Å². The zero-order chi connectivity index (χ0) is 10.5. The molecule has 78 valence electrons. The van der Waals surface area contributed by atoms with E-state index in [0.717, 1.165) is 19.5 Å². The largest absolute Gasteiger partial charge is 0.361 e. The van der Waals surface area contributed by atoms with Crippen LogP contribution in [0.5, 0.6) is 0 Å². The first kappa shape index (κ1) is 9.99. The fourth-order valence-corrected chi connectivity index (χ4v) is 1.73. The van der Waals surface area contributed by atoms with E-state index in [1.807, 2.05) is 12.3 Å². The Balaban J connectivity index is 2.07. The summed E-state index contributed by atoms with van der Waals surface area (Å²) in [7, 11) is 0. The molecule has 0 atom stereocenters. The van der Waals surface area contributed by atoms with Crippen LogP contribution in [-0.4, -0.2) is 11.5 Å². The Bertz CT molecular complexity index is 442. The van der Waals surface area contributed by atoms with Crippen molar-refractivity contribution in [1.82, 2.24) is 10.3 Å². The molecule has 0 bridgehead atoms. The minimum Gasteiger partial charge on any atom is -0.361 e. The smallest absolute Gasteiger partial charge is 0.0457 e. The van der Waals surface area contributed by atoms with Crippen LogP contribution in [-0.2, 0) is 6.54 Å². The van der Waals surface area contributed by atoms with Crippen LogP contribution >= 0.6 is 0 Å². The lowest BCUT2D eigenvalue weighted by molar-refractivity contribution is 0.699. The lowest BCUT2D eigenvalue weighted by Gasteiger charge is -2.04. The fraction of sp³-hybridized carbons (Fsp3) is 0.231. The number of benzene rings is 1. The van der Waals surface area contributed by atoms with Crippen LogP contribution in [0.4, 0.5) is 0 Å². The van der Waals surface area contributed by atoms with E-state index >= 15 is 0 Å². The number of aromatic nitrogens is 1. The van der Waals surface area contributed by atoms with Gasteiger partial charge in [-0.05, 0) is 30.7 Å². The van der Waals surface area contributed by atoms with Crippen molar-refractivity contribution < 1.29 is 0 Å². The third-order valence-electron chi connectivity index (χ3n) is 2.53. The van der Waals surface area contributed by atoms with E-state index in [2.05, 4.69) is 41.1 Å². The average molecular weight is 200 g/mol. The molecule has 2 rings (SSSR count). The van der Waals surface area contributed by atoms with Crippen molar-refractivity contribution in [2.45, 2.75) is 13.0 Å². The van der Waals surface area contributed by atoms with Gasteiger partial charge in [-0.3, -0.25) is 0 Å². The van der Waals surface area contributed by atoms with Gasteiger partial charge in [0.25, 0.3) is 0 Å². The SMILES string of the molecule is C=CCCNCc1cccc2[nH]ccc12. The Morgan fingerprint density at radius 1 is 1.33 bits per heavy atom. The van der Waals surface area contributed by atoms with Crippen molar-refractivity contribution >= 4 is 10.9 Å². The summed E-state index contributed by atoms with van der Waals surface area (Å²) in [5.41, 5.74) is 2.55. The number of hydrogen-bond donors (Lipinski definition) is 2. The predicted molar refractivity (Wildman–Crippen MR) is 64.8 cm³/mol. The second kappa shape index (κ2) is 4.80. The lowest BCUT2D eigenvalue weighted by atomic mass is 10.1. The van der Waals surface area contributed by atoms with Gasteiger partial charge in [-0.2, -0.15) is 0 Å². The number of fused-ring (bicyclic) bond motifs is 1. The number of H-pyrrole nitrogens is 1. The number of aromatic amines is 1. The van der Waals surface area contributed by atoms with Crippen molar-refractivity contribution in [3.8, 4) is 0 Å². The van der Waals surface area contributed by atoms with Crippen LogP contribution in [0.25, 0.3) is 10.9 Å². The normalized spacial score (nSPS) is 10.7. The van der Waals surface area contributed by atoms with Gasteiger partial charge < -0.3 is 10.3 Å². The minimum atomic E-state index is 0.920. The van der Waals surface area contributed by atoms with Crippen molar-refractivity contribution in [2.75, 3.05) is 6.54 Å². The Hall–Kier alpha value is -1.54. The Labute approximate surface area is 90.0 Å². The molecule has 0 fully saturated rings. The van der Waals surface area contributed by atoms with Crippen LogP contribution < -0.4 is 5.32 Å². The first-order chi connectivity index (χ1) is 7.42. The van der Waals surface area contributed by atoms with E-state index in [9.17, 15) is 0 Å². The molecule has 0 spiro atoms. The summed E-state index contributed by atoms with van der Waals surface area (Å²) in [5, 5.41) is 4.71. The van der Waals surface area contributed by atoms with Crippen LogP contribution in [0.2, 0.25) is 0 Å². The molecule has 2 heteroatoms. The molecule has 0 saturated heterocycles. The van der Waals surface area contributed by atoms with Crippen LogP contribution in [0.15, 0.2) is 43.1 Å². The van der Waals surface area contributed by atoms with Crippen LogP contribution in [0, 0.1) is 0 Å². The highest BCUT2D eigenvalue weighted by Crippen LogP contribution is 2.16. The Kier molecular flexibility index (Phi) is 3.20. The molecule has 0 aliphatic heterocycles. The molecule has 2 N–H and O–H groups in total. The second-order valence-electron chi connectivity index (χ2n) is 3.61. The third-order valence-corrected chi connectivity index (χ3v) is 2.53. The summed E-state index contributed by atoms with van der Waals surface area (Å²) in [6.07, 6.45) is 4.94. The highest BCUT2D eigenvalue weighted by molar-refractivity contribution is 5.82. The van der Waals surface area contributed by atoms with E-state index in [0.29, 0.717) is 0 Å². The van der Waals surface area contributed by atoms with Gasteiger partial charge in [0.15, 0.2) is 0 Å². The molecule has 2 aromatic rings. The summed E-state index contributed by atoms with van der Waals surface area (Å²) >= 11 is 0. The maximum Gasteiger partial charge on any atom is 0.0457 e. The first-order valence-electron chi connectivity index (χ1n) is 5.28. The summed E-state index contributed by atoms with van der Waals surface area (Å²) < 4.78 is 0. The topological polar surface area (TPSA) is 27.8 Å². The van der Waals surface area contributed by atoms with Gasteiger partial charge in [-0.1, -0.05) is 18.2 Å². The third kappa shape index (κ3) is 2.28.